The lowest BCUT2D eigenvalue weighted by Gasteiger charge is -2.30. The van der Waals surface area contributed by atoms with Crippen LogP contribution in [0, 0.1) is 17.1 Å². The Morgan fingerprint density at radius 3 is 2.61 bits per heavy atom. The van der Waals surface area contributed by atoms with Gasteiger partial charge in [-0.05, 0) is 25.0 Å². The fourth-order valence-corrected chi connectivity index (χ4v) is 3.92. The van der Waals surface area contributed by atoms with Gasteiger partial charge in [0, 0.05) is 6.54 Å². The molecule has 1 aromatic rings. The Morgan fingerprint density at radius 2 is 1.94 bits per heavy atom. The zero-order chi connectivity index (χ0) is 22.4. The van der Waals surface area contributed by atoms with Gasteiger partial charge in [0.05, 0.1) is 18.2 Å². The molecule has 0 unspecified atom stereocenters. The van der Waals surface area contributed by atoms with Crippen LogP contribution >= 0.6 is 0 Å². The van der Waals surface area contributed by atoms with E-state index in [-0.39, 0.29) is 18.7 Å². The summed E-state index contributed by atoms with van der Waals surface area (Å²) in [5.41, 5.74) is -0.989. The van der Waals surface area contributed by atoms with Gasteiger partial charge >= 0.3 is 12.0 Å². The predicted octanol–water partition coefficient (Wildman–Crippen LogP) is 1.87. The molecule has 0 radical (unpaired) electrons. The van der Waals surface area contributed by atoms with Crippen LogP contribution in [0.2, 0.25) is 0 Å². The first-order valence-electron chi connectivity index (χ1n) is 10.1. The summed E-state index contributed by atoms with van der Waals surface area (Å²) in [6.07, 6.45) is 3.62. The van der Waals surface area contributed by atoms with Gasteiger partial charge < -0.3 is 15.0 Å². The lowest BCUT2D eigenvalue weighted by molar-refractivity contribution is -0.150. The molecule has 0 atom stereocenters. The number of nitrogens with zero attached hydrogens (tertiary/aromatic N) is 3. The molecular formula is C21H23FN4O5. The number of esters is 1. The van der Waals surface area contributed by atoms with Gasteiger partial charge in [0.2, 0.25) is 0 Å². The first-order chi connectivity index (χ1) is 14.9. The summed E-state index contributed by atoms with van der Waals surface area (Å²) in [5.74, 6) is -2.77. The maximum atomic E-state index is 14.1. The first-order valence-corrected chi connectivity index (χ1v) is 10.1. The Hall–Kier alpha value is -3.48. The normalized spacial score (nSPS) is 17.2. The van der Waals surface area contributed by atoms with E-state index in [1.54, 1.807) is 0 Å². The molecule has 10 heteroatoms. The number of urea groups is 1. The molecule has 3 rings (SSSR count). The van der Waals surface area contributed by atoms with E-state index in [9.17, 15) is 23.6 Å². The molecule has 2 fully saturated rings. The van der Waals surface area contributed by atoms with Crippen LogP contribution in [0.4, 0.5) is 14.9 Å². The van der Waals surface area contributed by atoms with Crippen molar-refractivity contribution in [3.8, 4) is 6.07 Å². The second-order valence-corrected chi connectivity index (χ2v) is 7.53. The molecule has 4 amide bonds. The molecule has 1 spiro atoms. The van der Waals surface area contributed by atoms with Crippen molar-refractivity contribution in [1.29, 1.82) is 5.26 Å². The molecule has 1 aliphatic carbocycles. The highest BCUT2D eigenvalue weighted by atomic mass is 19.1. The average Bonchev–Trinajstić information content (AvgIpc) is 2.98. The molecule has 1 saturated carbocycles. The molecule has 1 heterocycles. The highest BCUT2D eigenvalue weighted by molar-refractivity contribution is 6.08. The van der Waals surface area contributed by atoms with E-state index in [0.717, 1.165) is 29.1 Å². The SMILES string of the molecule is N#CCCN(C(=O)COC(=O)CN1C(=O)NC2(CCCCC2)C1=O)c1ccccc1F. The van der Waals surface area contributed by atoms with Crippen molar-refractivity contribution in [2.24, 2.45) is 0 Å². The standard InChI is InChI=1S/C21H23FN4O5/c22-15-7-2-3-8-16(15)25(12-6-11-23)17(27)14-31-18(28)13-26-19(29)21(24-20(26)30)9-4-1-5-10-21/h2-3,7-8H,1,4-6,9-10,12-14H2,(H,24,30). The number of benzene rings is 1. The second-order valence-electron chi connectivity index (χ2n) is 7.53. The van der Waals surface area contributed by atoms with E-state index in [2.05, 4.69) is 5.32 Å². The third-order valence-corrected chi connectivity index (χ3v) is 5.49. The number of carbonyl (C=O) groups excluding carboxylic acids is 4. The van der Waals surface area contributed by atoms with E-state index in [4.69, 9.17) is 10.00 Å². The van der Waals surface area contributed by atoms with Gasteiger partial charge in [-0.3, -0.25) is 19.3 Å². The van der Waals surface area contributed by atoms with Gasteiger partial charge in [0.15, 0.2) is 6.61 Å². The van der Waals surface area contributed by atoms with Crippen molar-refractivity contribution in [2.45, 2.75) is 44.1 Å². The Labute approximate surface area is 178 Å². The number of nitrogens with one attached hydrogen (secondary N) is 1. The summed E-state index contributed by atoms with van der Waals surface area (Å²) in [5, 5.41) is 11.5. The van der Waals surface area contributed by atoms with Crippen LogP contribution in [-0.4, -0.2) is 54.0 Å². The van der Waals surface area contributed by atoms with Crippen LogP contribution in [0.5, 0.6) is 0 Å². The van der Waals surface area contributed by atoms with Crippen LogP contribution in [0.25, 0.3) is 0 Å². The smallest absolute Gasteiger partial charge is 0.326 e. The van der Waals surface area contributed by atoms with Gasteiger partial charge in [-0.1, -0.05) is 31.4 Å². The highest BCUT2D eigenvalue weighted by Gasteiger charge is 2.51. The minimum atomic E-state index is -0.954. The number of anilines is 1. The van der Waals surface area contributed by atoms with Crippen LogP contribution in [0.1, 0.15) is 38.5 Å². The third kappa shape index (κ3) is 4.82. The fraction of sp³-hybridized carbons (Fsp3) is 0.476. The average molecular weight is 430 g/mol. The van der Waals surface area contributed by atoms with Crippen molar-refractivity contribution in [1.82, 2.24) is 10.2 Å². The number of hydrogen-bond donors (Lipinski definition) is 1. The van der Waals surface area contributed by atoms with E-state index in [1.165, 1.54) is 24.3 Å². The lowest BCUT2D eigenvalue weighted by Crippen LogP contribution is -2.48. The number of ether oxygens (including phenoxy) is 1. The molecule has 164 valence electrons. The molecule has 1 aromatic carbocycles. The molecule has 2 aliphatic rings. The summed E-state index contributed by atoms with van der Waals surface area (Å²) in [6.45, 7) is -1.41. The van der Waals surface area contributed by atoms with E-state index in [1.807, 2.05) is 6.07 Å². The van der Waals surface area contributed by atoms with E-state index < -0.39 is 48.3 Å². The maximum Gasteiger partial charge on any atom is 0.326 e. The topological polar surface area (TPSA) is 120 Å². The Balaban J connectivity index is 1.59. The van der Waals surface area contributed by atoms with Crippen LogP contribution in [0.15, 0.2) is 24.3 Å². The lowest BCUT2D eigenvalue weighted by atomic mass is 9.82. The summed E-state index contributed by atoms with van der Waals surface area (Å²) in [6, 6.07) is 6.78. The zero-order valence-electron chi connectivity index (χ0n) is 16.9. The molecule has 1 aliphatic heterocycles. The Bertz CT molecular complexity index is 923. The number of halogens is 1. The molecule has 9 nitrogen and oxygen atoms in total. The van der Waals surface area contributed by atoms with Gasteiger partial charge in [-0.15, -0.1) is 0 Å². The minimum absolute atomic E-state index is 0.0351. The number of para-hydroxylation sites is 1. The van der Waals surface area contributed by atoms with E-state index in [0.29, 0.717) is 12.8 Å². The van der Waals surface area contributed by atoms with Gasteiger partial charge in [-0.25, -0.2) is 9.18 Å². The van der Waals surface area contributed by atoms with Crippen molar-refractivity contribution >= 4 is 29.5 Å². The van der Waals surface area contributed by atoms with Crippen molar-refractivity contribution in [2.75, 3.05) is 24.6 Å². The zero-order valence-corrected chi connectivity index (χ0v) is 16.9. The van der Waals surface area contributed by atoms with Crippen molar-refractivity contribution in [3.63, 3.8) is 0 Å². The first kappa shape index (κ1) is 22.2. The van der Waals surface area contributed by atoms with Crippen molar-refractivity contribution < 1.29 is 28.3 Å². The summed E-state index contributed by atoms with van der Waals surface area (Å²) < 4.78 is 19.0. The number of amides is 4. The molecular weight excluding hydrogens is 407 g/mol. The van der Waals surface area contributed by atoms with Crippen molar-refractivity contribution in [3.05, 3.63) is 30.1 Å². The molecule has 1 saturated heterocycles. The number of rotatable bonds is 7. The Kier molecular flexibility index (Phi) is 6.84. The number of imide groups is 1. The Morgan fingerprint density at radius 1 is 1.23 bits per heavy atom. The van der Waals surface area contributed by atoms with Crippen LogP contribution in [-0.2, 0) is 19.1 Å². The molecule has 0 aromatic heterocycles. The summed E-state index contributed by atoms with van der Waals surface area (Å²) >= 11 is 0. The van der Waals surface area contributed by atoms with E-state index >= 15 is 0 Å². The van der Waals surface area contributed by atoms with Gasteiger partial charge in [0.1, 0.15) is 17.9 Å². The second kappa shape index (κ2) is 9.55. The largest absolute Gasteiger partial charge is 0.454 e. The summed E-state index contributed by atoms with van der Waals surface area (Å²) in [7, 11) is 0. The van der Waals surface area contributed by atoms with Crippen LogP contribution < -0.4 is 10.2 Å². The van der Waals surface area contributed by atoms with Gasteiger partial charge in [0.25, 0.3) is 11.8 Å². The number of nitriles is 1. The van der Waals surface area contributed by atoms with Gasteiger partial charge in [-0.2, -0.15) is 5.26 Å². The molecule has 0 bridgehead atoms. The monoisotopic (exact) mass is 430 g/mol. The molecule has 1 N–H and O–H groups in total. The minimum Gasteiger partial charge on any atom is -0.454 e. The maximum absolute atomic E-state index is 14.1. The number of hydrogen-bond acceptors (Lipinski definition) is 6. The quantitative estimate of drug-likeness (QED) is 0.521. The highest BCUT2D eigenvalue weighted by Crippen LogP contribution is 2.33. The predicted molar refractivity (Wildman–Crippen MR) is 106 cm³/mol. The van der Waals surface area contributed by atoms with Crippen LogP contribution in [0.3, 0.4) is 0 Å². The fourth-order valence-electron chi connectivity index (χ4n) is 3.92. The summed E-state index contributed by atoms with van der Waals surface area (Å²) in [4.78, 5) is 51.5. The molecule has 31 heavy (non-hydrogen) atoms. The number of carbonyl (C=O) groups is 4. The third-order valence-electron chi connectivity index (χ3n) is 5.49.